The maximum Gasteiger partial charge on any atom is 0.290 e. The van der Waals surface area contributed by atoms with Crippen molar-refractivity contribution < 1.29 is 14.7 Å². The van der Waals surface area contributed by atoms with Gasteiger partial charge in [0.05, 0.1) is 5.82 Å². The van der Waals surface area contributed by atoms with Crippen LogP contribution in [0.5, 0.6) is 0 Å². The third-order valence-corrected chi connectivity index (χ3v) is 6.68. The lowest BCUT2D eigenvalue weighted by Crippen LogP contribution is -2.49. The Labute approximate surface area is 264 Å². The Kier molecular flexibility index (Phi) is 32.1. The average Bonchev–Trinajstić information content (AvgIpc) is 2.99. The van der Waals surface area contributed by atoms with Crippen molar-refractivity contribution in [2.75, 3.05) is 44.8 Å². The molecule has 242 valence electrons. The first-order valence-electron chi connectivity index (χ1n) is 14.8. The highest BCUT2D eigenvalue weighted by Gasteiger charge is 2.01. The largest absolute Gasteiger partial charge is 0.483 e. The Morgan fingerprint density at radius 1 is 1.14 bits per heavy atom. The first-order chi connectivity index (χ1) is 20.9. The summed E-state index contributed by atoms with van der Waals surface area (Å²) in [4.78, 5) is 18.5. The number of carbonyl (C=O) groups excluding carboxylic acids is 1. The van der Waals surface area contributed by atoms with Crippen molar-refractivity contribution in [3.8, 4) is 0 Å². The van der Waals surface area contributed by atoms with Crippen LogP contribution in [-0.4, -0.2) is 68.8 Å². The van der Waals surface area contributed by atoms with Gasteiger partial charge in [-0.2, -0.15) is 11.8 Å². The summed E-state index contributed by atoms with van der Waals surface area (Å²) in [7, 11) is 1.89. The van der Waals surface area contributed by atoms with Crippen LogP contribution in [0.25, 0.3) is 0 Å². The lowest BCUT2D eigenvalue weighted by molar-refractivity contribution is -0.122. The summed E-state index contributed by atoms with van der Waals surface area (Å²) >= 11 is 1.91. The number of nitrogens with one attached hydrogen (secondary N) is 6. The van der Waals surface area contributed by atoms with Crippen LogP contribution in [0.1, 0.15) is 51.5 Å². The number of benzene rings is 1. The van der Waals surface area contributed by atoms with Crippen LogP contribution in [0.15, 0.2) is 79.4 Å². The fourth-order valence-corrected chi connectivity index (χ4v) is 3.80. The third kappa shape index (κ3) is 29.8. The van der Waals surface area contributed by atoms with Gasteiger partial charge in [0.25, 0.3) is 6.47 Å². The Hall–Kier alpha value is -3.43. The van der Waals surface area contributed by atoms with Crippen molar-refractivity contribution in [3.63, 3.8) is 0 Å². The molecular weight excluding hydrogens is 560 g/mol. The molecule has 2 unspecified atom stereocenters. The van der Waals surface area contributed by atoms with Gasteiger partial charge in [-0.3, -0.25) is 20.4 Å². The zero-order chi connectivity index (χ0) is 32.4. The van der Waals surface area contributed by atoms with E-state index < -0.39 is 0 Å². The van der Waals surface area contributed by atoms with E-state index in [2.05, 4.69) is 101 Å². The molecule has 7 N–H and O–H groups in total. The van der Waals surface area contributed by atoms with E-state index in [-0.39, 0.29) is 12.5 Å². The van der Waals surface area contributed by atoms with Gasteiger partial charge in [0.1, 0.15) is 0 Å². The highest BCUT2D eigenvalue weighted by Crippen LogP contribution is 2.15. The number of carbonyl (C=O) groups is 2. The smallest absolute Gasteiger partial charge is 0.290 e. The number of hydrogen-bond acceptors (Lipinski definition) is 8. The predicted octanol–water partition coefficient (Wildman–Crippen LogP) is 4.99. The molecule has 1 saturated heterocycles. The van der Waals surface area contributed by atoms with E-state index in [0.717, 1.165) is 75.0 Å². The van der Waals surface area contributed by atoms with E-state index in [4.69, 9.17) is 9.90 Å². The summed E-state index contributed by atoms with van der Waals surface area (Å²) in [5.74, 6) is 0.936. The molecule has 43 heavy (non-hydrogen) atoms. The highest BCUT2D eigenvalue weighted by molar-refractivity contribution is 7.99. The van der Waals surface area contributed by atoms with Crippen molar-refractivity contribution in [1.29, 1.82) is 0 Å². The Balaban J connectivity index is 0. The number of hydrogen-bond donors (Lipinski definition) is 7. The minimum absolute atomic E-state index is 0.188. The minimum Gasteiger partial charge on any atom is -0.483 e. The van der Waals surface area contributed by atoms with E-state index in [1.807, 2.05) is 43.9 Å². The van der Waals surface area contributed by atoms with E-state index in [9.17, 15) is 4.79 Å². The highest BCUT2D eigenvalue weighted by atomic mass is 32.2. The van der Waals surface area contributed by atoms with E-state index >= 15 is 0 Å². The van der Waals surface area contributed by atoms with Crippen LogP contribution in [0.4, 0.5) is 5.69 Å². The summed E-state index contributed by atoms with van der Waals surface area (Å²) in [6.45, 7) is 15.5. The van der Waals surface area contributed by atoms with Crippen LogP contribution in [0.2, 0.25) is 0 Å². The summed E-state index contributed by atoms with van der Waals surface area (Å²) < 4.78 is 0. The molecule has 1 amide bonds. The van der Waals surface area contributed by atoms with E-state index in [0.29, 0.717) is 0 Å². The van der Waals surface area contributed by atoms with Gasteiger partial charge < -0.3 is 26.4 Å². The summed E-state index contributed by atoms with van der Waals surface area (Å²) in [5, 5.41) is 19.8. The molecule has 0 bridgehead atoms. The molecule has 1 aliphatic heterocycles. The Morgan fingerprint density at radius 2 is 1.77 bits per heavy atom. The second-order valence-corrected chi connectivity index (χ2v) is 10.4. The Morgan fingerprint density at radius 3 is 2.21 bits per heavy atom. The van der Waals surface area contributed by atoms with Gasteiger partial charge in [-0.25, -0.2) is 0 Å². The molecule has 0 aromatic heterocycles. The van der Waals surface area contributed by atoms with Gasteiger partial charge in [0, 0.05) is 50.2 Å². The normalized spacial score (nSPS) is 14.2. The van der Waals surface area contributed by atoms with Crippen LogP contribution >= 0.6 is 11.8 Å². The number of anilines is 1. The third-order valence-electron chi connectivity index (χ3n) is 5.73. The van der Waals surface area contributed by atoms with Crippen molar-refractivity contribution in [2.24, 2.45) is 0 Å². The standard InChI is InChI=1S/C12H22N2.C11H16N2O.C7H10S.C2H6N2.CH2O2/c1-4-6-7-8-9-11-14-12(3)13-10-5-2;1-9(13-8-14)7-10-3-5-11(12-2)6-4-10;1-8-7-5-3-2-4-6-7;1-2-4-3-1;2-1-3/h6,13-14H,1,3,5,7-11H2,2H3;3-6,8-9,12H,7H2,1-2H3,(H,13,14);2-5,7H,6H2,1H3;3-4H,1-2H2;1H,(H,2,3). The van der Waals surface area contributed by atoms with Crippen molar-refractivity contribution in [1.82, 2.24) is 26.8 Å². The van der Waals surface area contributed by atoms with Crippen LogP contribution in [0.3, 0.4) is 0 Å². The van der Waals surface area contributed by atoms with Gasteiger partial charge in [0.2, 0.25) is 6.41 Å². The molecular formula is C33H56N6O3S. The van der Waals surface area contributed by atoms with E-state index in [1.165, 1.54) is 18.4 Å². The molecule has 1 heterocycles. The Bertz CT molecular complexity index is 910. The van der Waals surface area contributed by atoms with Crippen molar-refractivity contribution in [2.45, 2.75) is 63.7 Å². The van der Waals surface area contributed by atoms with Crippen LogP contribution in [-0.2, 0) is 16.0 Å². The molecule has 9 nitrogen and oxygen atoms in total. The second kappa shape index (κ2) is 33.1. The number of unbranched alkanes of at least 4 members (excludes halogenated alkanes) is 2. The number of amides is 1. The van der Waals surface area contributed by atoms with Gasteiger partial charge in [0.15, 0.2) is 0 Å². The topological polar surface area (TPSA) is 127 Å². The minimum atomic E-state index is -0.250. The summed E-state index contributed by atoms with van der Waals surface area (Å²) in [6.07, 6.45) is 20.1. The molecule has 2 atom stereocenters. The van der Waals surface area contributed by atoms with Crippen molar-refractivity contribution in [3.05, 3.63) is 84.9 Å². The number of carboxylic acid groups (broad SMARTS) is 1. The molecule has 3 rings (SSSR count). The molecule has 0 saturated carbocycles. The van der Waals surface area contributed by atoms with Gasteiger partial charge >= 0.3 is 0 Å². The average molecular weight is 617 g/mol. The zero-order valence-corrected chi connectivity index (χ0v) is 27.5. The molecule has 0 spiro atoms. The summed E-state index contributed by atoms with van der Waals surface area (Å²) in [5.41, 5.74) is 10.8. The zero-order valence-electron chi connectivity index (χ0n) is 26.7. The fraction of sp³-hybridized carbons (Fsp3) is 0.485. The number of thioether (sulfide) groups is 1. The number of allylic oxidation sites excluding steroid dienone is 4. The molecule has 1 aliphatic carbocycles. The fourth-order valence-electron chi connectivity index (χ4n) is 3.24. The molecule has 1 fully saturated rings. The quantitative estimate of drug-likeness (QED) is 0.0829. The molecule has 1 aromatic carbocycles. The maximum absolute atomic E-state index is 10.2. The summed E-state index contributed by atoms with van der Waals surface area (Å²) in [6, 6.07) is 8.38. The predicted molar refractivity (Wildman–Crippen MR) is 186 cm³/mol. The van der Waals surface area contributed by atoms with Gasteiger partial charge in [-0.1, -0.05) is 56.5 Å². The maximum atomic E-state index is 10.2. The van der Waals surface area contributed by atoms with E-state index in [1.54, 1.807) is 0 Å². The number of hydrazine groups is 1. The van der Waals surface area contributed by atoms with Crippen molar-refractivity contribution >= 4 is 30.3 Å². The lowest BCUT2D eigenvalue weighted by Gasteiger charge is -2.13. The second-order valence-electron chi connectivity index (χ2n) is 9.35. The number of rotatable bonds is 15. The molecule has 1 aromatic rings. The molecule has 10 heteroatoms. The SMILES string of the molecule is C1CNN1.C=C=CCCCCNC(=C)NCCC.CNc1ccc(CC(C)NC=O)cc1.CSC1C=CC=CC1.O=CO. The first kappa shape index (κ1) is 41.7. The van der Waals surface area contributed by atoms with Gasteiger partial charge in [-0.05, 0) is 75.5 Å². The molecule has 0 radical (unpaired) electrons. The van der Waals surface area contributed by atoms with Crippen LogP contribution < -0.4 is 32.1 Å². The first-order valence-corrected chi connectivity index (χ1v) is 16.1. The molecule has 2 aliphatic rings. The van der Waals surface area contributed by atoms with Crippen LogP contribution in [0, 0.1) is 0 Å². The van der Waals surface area contributed by atoms with Gasteiger partial charge in [-0.15, -0.1) is 5.73 Å². The lowest BCUT2D eigenvalue weighted by atomic mass is 10.1. The monoisotopic (exact) mass is 616 g/mol.